The predicted molar refractivity (Wildman–Crippen MR) is 74.0 cm³/mol. The fourth-order valence-electron chi connectivity index (χ4n) is 2.86. The summed E-state index contributed by atoms with van der Waals surface area (Å²) < 4.78 is 0. The highest BCUT2D eigenvalue weighted by molar-refractivity contribution is 5.94. The molecule has 0 amide bonds. The standard InChI is InChI=1S/C15H19NO4/c16-13-4-2-1-3-10(13)7-9-5-6-11(14(17)18)8-12(9)15(19)20/h5-6,8,10,13H,1-4,7,16H2,(H,17,18)(H,19,20). The first-order valence-electron chi connectivity index (χ1n) is 6.84. The molecule has 2 atom stereocenters. The molecule has 0 bridgehead atoms. The third kappa shape index (κ3) is 3.17. The van der Waals surface area contributed by atoms with Gasteiger partial charge in [-0.25, -0.2) is 9.59 Å². The first-order chi connectivity index (χ1) is 9.49. The zero-order valence-electron chi connectivity index (χ0n) is 11.2. The lowest BCUT2D eigenvalue weighted by Crippen LogP contribution is -2.34. The van der Waals surface area contributed by atoms with Crippen molar-refractivity contribution in [3.05, 3.63) is 34.9 Å². The van der Waals surface area contributed by atoms with E-state index in [1.807, 2.05) is 0 Å². The normalized spacial score (nSPS) is 22.4. The molecular weight excluding hydrogens is 258 g/mol. The molecule has 5 heteroatoms. The second kappa shape index (κ2) is 6.05. The molecule has 1 aromatic rings. The van der Waals surface area contributed by atoms with Crippen LogP contribution in [0.2, 0.25) is 0 Å². The third-order valence-electron chi connectivity index (χ3n) is 4.04. The van der Waals surface area contributed by atoms with Gasteiger partial charge in [0.2, 0.25) is 0 Å². The molecule has 2 unspecified atom stereocenters. The first-order valence-corrected chi connectivity index (χ1v) is 6.84. The predicted octanol–water partition coefficient (Wildman–Crippen LogP) is 2.14. The van der Waals surface area contributed by atoms with Gasteiger partial charge < -0.3 is 15.9 Å². The summed E-state index contributed by atoms with van der Waals surface area (Å²) in [7, 11) is 0. The molecule has 0 spiro atoms. The Morgan fingerprint density at radius 3 is 2.45 bits per heavy atom. The van der Waals surface area contributed by atoms with Gasteiger partial charge in [-0.1, -0.05) is 18.9 Å². The fourth-order valence-corrected chi connectivity index (χ4v) is 2.86. The summed E-state index contributed by atoms with van der Waals surface area (Å²) in [6.45, 7) is 0. The maximum atomic E-state index is 11.3. The van der Waals surface area contributed by atoms with E-state index in [2.05, 4.69) is 0 Å². The zero-order chi connectivity index (χ0) is 14.7. The highest BCUT2D eigenvalue weighted by atomic mass is 16.4. The van der Waals surface area contributed by atoms with Crippen molar-refractivity contribution in [1.29, 1.82) is 0 Å². The molecule has 0 saturated heterocycles. The summed E-state index contributed by atoms with van der Waals surface area (Å²) >= 11 is 0. The molecule has 1 aliphatic carbocycles. The van der Waals surface area contributed by atoms with E-state index in [-0.39, 0.29) is 23.1 Å². The van der Waals surface area contributed by atoms with Gasteiger partial charge in [0.1, 0.15) is 0 Å². The molecule has 4 N–H and O–H groups in total. The van der Waals surface area contributed by atoms with Crippen LogP contribution < -0.4 is 5.73 Å². The minimum Gasteiger partial charge on any atom is -0.478 e. The van der Waals surface area contributed by atoms with E-state index in [1.165, 1.54) is 12.1 Å². The average Bonchev–Trinajstić information content (AvgIpc) is 2.41. The summed E-state index contributed by atoms with van der Waals surface area (Å²) in [5, 5.41) is 18.2. The SMILES string of the molecule is NC1CCCCC1Cc1ccc(C(=O)O)cc1C(=O)O. The minimum absolute atomic E-state index is 0.000840. The van der Waals surface area contributed by atoms with Gasteiger partial charge in [0.25, 0.3) is 0 Å². The molecule has 1 aliphatic rings. The third-order valence-corrected chi connectivity index (χ3v) is 4.04. The number of carboxylic acids is 2. The van der Waals surface area contributed by atoms with E-state index in [0.717, 1.165) is 25.7 Å². The van der Waals surface area contributed by atoms with E-state index in [4.69, 9.17) is 10.8 Å². The second-order valence-electron chi connectivity index (χ2n) is 5.39. The largest absolute Gasteiger partial charge is 0.478 e. The van der Waals surface area contributed by atoms with Crippen LogP contribution in [-0.2, 0) is 6.42 Å². The lowest BCUT2D eigenvalue weighted by molar-refractivity contribution is 0.0695. The van der Waals surface area contributed by atoms with Crippen LogP contribution in [0.3, 0.4) is 0 Å². The number of carbonyl (C=O) groups is 2. The number of hydrogen-bond acceptors (Lipinski definition) is 3. The number of hydrogen-bond donors (Lipinski definition) is 3. The van der Waals surface area contributed by atoms with Gasteiger partial charge in [-0.15, -0.1) is 0 Å². The summed E-state index contributed by atoms with van der Waals surface area (Å²) in [5.74, 6) is -1.93. The van der Waals surface area contributed by atoms with Gasteiger partial charge in [0.05, 0.1) is 11.1 Å². The lowest BCUT2D eigenvalue weighted by atomic mass is 9.80. The van der Waals surface area contributed by atoms with E-state index >= 15 is 0 Å². The molecule has 0 aliphatic heterocycles. The lowest BCUT2D eigenvalue weighted by Gasteiger charge is -2.29. The highest BCUT2D eigenvalue weighted by Gasteiger charge is 2.24. The Labute approximate surface area is 117 Å². The molecule has 1 fully saturated rings. The van der Waals surface area contributed by atoms with Crippen LogP contribution >= 0.6 is 0 Å². The molecule has 20 heavy (non-hydrogen) atoms. The van der Waals surface area contributed by atoms with Gasteiger partial charge in [-0.05, 0) is 42.9 Å². The van der Waals surface area contributed by atoms with Crippen molar-refractivity contribution in [2.75, 3.05) is 0 Å². The van der Waals surface area contributed by atoms with Crippen LogP contribution in [0.5, 0.6) is 0 Å². The Hall–Kier alpha value is -1.88. The minimum atomic E-state index is -1.12. The van der Waals surface area contributed by atoms with E-state index < -0.39 is 11.9 Å². The molecule has 2 rings (SSSR count). The van der Waals surface area contributed by atoms with Crippen molar-refractivity contribution in [1.82, 2.24) is 0 Å². The van der Waals surface area contributed by atoms with Gasteiger partial charge in [0, 0.05) is 6.04 Å². The molecule has 1 aromatic carbocycles. The van der Waals surface area contributed by atoms with Crippen molar-refractivity contribution in [3.63, 3.8) is 0 Å². The number of rotatable bonds is 4. The maximum Gasteiger partial charge on any atom is 0.335 e. The van der Waals surface area contributed by atoms with Gasteiger partial charge >= 0.3 is 11.9 Å². The molecule has 108 valence electrons. The second-order valence-corrected chi connectivity index (χ2v) is 5.39. The van der Waals surface area contributed by atoms with E-state index in [0.29, 0.717) is 12.0 Å². The Kier molecular flexibility index (Phi) is 4.39. The van der Waals surface area contributed by atoms with Gasteiger partial charge in [-0.2, -0.15) is 0 Å². The molecular formula is C15H19NO4. The van der Waals surface area contributed by atoms with Crippen LogP contribution in [0.1, 0.15) is 52.0 Å². The van der Waals surface area contributed by atoms with Crippen molar-refractivity contribution >= 4 is 11.9 Å². The van der Waals surface area contributed by atoms with Gasteiger partial charge in [0.15, 0.2) is 0 Å². The summed E-state index contributed by atoms with van der Waals surface area (Å²) in [4.78, 5) is 22.2. The molecule has 0 aromatic heterocycles. The average molecular weight is 277 g/mol. The van der Waals surface area contributed by atoms with Crippen LogP contribution in [-0.4, -0.2) is 28.2 Å². The quantitative estimate of drug-likeness (QED) is 0.782. The van der Waals surface area contributed by atoms with Crippen LogP contribution in [0.15, 0.2) is 18.2 Å². The van der Waals surface area contributed by atoms with E-state index in [1.54, 1.807) is 6.07 Å². The monoisotopic (exact) mass is 277 g/mol. The summed E-state index contributed by atoms with van der Waals surface area (Å²) in [6, 6.07) is 4.39. The summed E-state index contributed by atoms with van der Waals surface area (Å²) in [5.41, 5.74) is 6.83. The molecule has 1 saturated carbocycles. The highest BCUT2D eigenvalue weighted by Crippen LogP contribution is 2.27. The fraction of sp³-hybridized carbons (Fsp3) is 0.467. The Balaban J connectivity index is 2.26. The van der Waals surface area contributed by atoms with Crippen molar-refractivity contribution in [2.45, 2.75) is 38.1 Å². The number of aromatic carboxylic acids is 2. The van der Waals surface area contributed by atoms with Gasteiger partial charge in [-0.3, -0.25) is 0 Å². The van der Waals surface area contributed by atoms with E-state index in [9.17, 15) is 14.7 Å². The maximum absolute atomic E-state index is 11.3. The number of benzene rings is 1. The van der Waals surface area contributed by atoms with Crippen molar-refractivity contribution in [2.24, 2.45) is 11.7 Å². The van der Waals surface area contributed by atoms with Crippen molar-refractivity contribution in [3.8, 4) is 0 Å². The first kappa shape index (κ1) is 14.5. The topological polar surface area (TPSA) is 101 Å². The molecule has 0 heterocycles. The smallest absolute Gasteiger partial charge is 0.335 e. The van der Waals surface area contributed by atoms with Crippen LogP contribution in [0, 0.1) is 5.92 Å². The zero-order valence-corrected chi connectivity index (χ0v) is 11.2. The number of carboxylic acid groups (broad SMARTS) is 2. The van der Waals surface area contributed by atoms with Crippen LogP contribution in [0.4, 0.5) is 0 Å². The van der Waals surface area contributed by atoms with Crippen LogP contribution in [0.25, 0.3) is 0 Å². The summed E-state index contributed by atoms with van der Waals surface area (Å²) in [6.07, 6.45) is 4.82. The Morgan fingerprint density at radius 2 is 1.85 bits per heavy atom. The molecule has 0 radical (unpaired) electrons. The van der Waals surface area contributed by atoms with Crippen molar-refractivity contribution < 1.29 is 19.8 Å². The molecule has 5 nitrogen and oxygen atoms in total. The Bertz CT molecular complexity index is 527. The number of nitrogens with two attached hydrogens (primary N) is 1. The Morgan fingerprint density at radius 1 is 1.15 bits per heavy atom.